The van der Waals surface area contributed by atoms with Crippen LogP contribution in [0.5, 0.6) is 0 Å². The Balaban J connectivity index is 1.80. The van der Waals surface area contributed by atoms with E-state index in [0.717, 1.165) is 18.2 Å². The second-order valence-corrected chi connectivity index (χ2v) is 11.7. The van der Waals surface area contributed by atoms with E-state index in [9.17, 15) is 35.6 Å². The minimum Gasteiger partial charge on any atom is -0.383 e. The number of rotatable bonds is 8. The summed E-state index contributed by atoms with van der Waals surface area (Å²) in [4.78, 5) is 29.1. The van der Waals surface area contributed by atoms with Gasteiger partial charge in [0.15, 0.2) is 0 Å². The third-order valence-corrected chi connectivity index (χ3v) is 9.11. The molecule has 0 aliphatic heterocycles. The third-order valence-electron chi connectivity index (χ3n) is 6.99. The van der Waals surface area contributed by atoms with Crippen LogP contribution in [0.1, 0.15) is 34.5 Å². The minimum atomic E-state index is -4.76. The molecule has 0 saturated heterocycles. The minimum absolute atomic E-state index is 0.0649. The van der Waals surface area contributed by atoms with Crippen LogP contribution >= 0.6 is 0 Å². The number of H-pyrrole nitrogens is 1. The van der Waals surface area contributed by atoms with Crippen molar-refractivity contribution in [3.8, 4) is 11.1 Å². The number of alkyl halides is 3. The first-order valence-electron chi connectivity index (χ1n) is 12.1. The maximum Gasteiger partial charge on any atom is 0.416 e. The molecule has 8 nitrogen and oxygen atoms in total. The van der Waals surface area contributed by atoms with Crippen molar-refractivity contribution in [2.75, 3.05) is 13.7 Å². The predicted octanol–water partition coefficient (Wildman–Crippen LogP) is 4.44. The van der Waals surface area contributed by atoms with Gasteiger partial charge in [0.05, 0.1) is 18.7 Å². The standard InChI is InChI=1S/C27H23F4N3O5S/c1-39-15-26(10-11-26)40(37,38)33-25(36)23-22(18-6-4-12-32-24(18)35)19-13-17(27(29,30)31)8-9-21(19)34(23)14-16-5-2-3-7-20(16)28/h2-9,12-13H,10-11,14-15H2,1H3,(H,32,35)(H,33,36). The number of carbonyl (C=O) groups is 1. The quantitative estimate of drug-likeness (QED) is 0.301. The van der Waals surface area contributed by atoms with Crippen molar-refractivity contribution in [3.05, 3.63) is 93.8 Å². The van der Waals surface area contributed by atoms with Gasteiger partial charge < -0.3 is 14.3 Å². The van der Waals surface area contributed by atoms with Crippen LogP contribution in [-0.2, 0) is 27.5 Å². The number of ether oxygens (including phenoxy) is 1. The summed E-state index contributed by atoms with van der Waals surface area (Å²) in [7, 11) is -2.99. The summed E-state index contributed by atoms with van der Waals surface area (Å²) in [6.45, 7) is -0.515. The number of methoxy groups -OCH3 is 1. The first-order valence-corrected chi connectivity index (χ1v) is 13.6. The van der Waals surface area contributed by atoms with E-state index >= 15 is 0 Å². The molecule has 1 aliphatic rings. The molecule has 0 atom stereocenters. The van der Waals surface area contributed by atoms with Crippen LogP contribution in [0.25, 0.3) is 22.0 Å². The van der Waals surface area contributed by atoms with Crippen molar-refractivity contribution in [1.29, 1.82) is 0 Å². The van der Waals surface area contributed by atoms with Crippen molar-refractivity contribution in [2.45, 2.75) is 30.3 Å². The van der Waals surface area contributed by atoms with Gasteiger partial charge in [-0.1, -0.05) is 18.2 Å². The van der Waals surface area contributed by atoms with Crippen LogP contribution in [0, 0.1) is 5.82 Å². The Hall–Kier alpha value is -3.97. The lowest BCUT2D eigenvalue weighted by Gasteiger charge is -2.18. The molecule has 2 heterocycles. The number of hydrogen-bond donors (Lipinski definition) is 2. The van der Waals surface area contributed by atoms with Gasteiger partial charge in [-0.3, -0.25) is 9.59 Å². The summed E-state index contributed by atoms with van der Waals surface area (Å²) < 4.78 is 89.3. The van der Waals surface area contributed by atoms with Gasteiger partial charge in [-0.05, 0) is 49.2 Å². The topological polar surface area (TPSA) is 110 Å². The van der Waals surface area contributed by atoms with Gasteiger partial charge in [0.1, 0.15) is 16.3 Å². The summed E-state index contributed by atoms with van der Waals surface area (Å²) in [6.07, 6.45) is -2.98. The Morgan fingerprint density at radius 3 is 2.48 bits per heavy atom. The molecule has 0 radical (unpaired) electrons. The molecule has 2 aromatic heterocycles. The molecule has 2 aromatic carbocycles. The summed E-state index contributed by atoms with van der Waals surface area (Å²) in [5.74, 6) is -1.83. The smallest absolute Gasteiger partial charge is 0.383 e. The van der Waals surface area contributed by atoms with Crippen LogP contribution in [-0.4, -0.2) is 42.3 Å². The van der Waals surface area contributed by atoms with E-state index in [1.165, 1.54) is 48.2 Å². The highest BCUT2D eigenvalue weighted by atomic mass is 32.2. The fourth-order valence-electron chi connectivity index (χ4n) is 4.79. The SMILES string of the molecule is COCC1(S(=O)(=O)NC(=O)c2c(-c3ccc[nH]c3=O)c3cc(C(F)(F)F)ccc3n2Cc2ccccc2F)CC1. The van der Waals surface area contributed by atoms with Gasteiger partial charge >= 0.3 is 6.18 Å². The Morgan fingerprint density at radius 2 is 1.85 bits per heavy atom. The number of benzene rings is 2. The zero-order chi connectivity index (χ0) is 28.9. The zero-order valence-electron chi connectivity index (χ0n) is 21.0. The van der Waals surface area contributed by atoms with Gasteiger partial charge in [0, 0.05) is 40.9 Å². The number of nitrogens with one attached hydrogen (secondary N) is 2. The first kappa shape index (κ1) is 27.6. The molecule has 0 bridgehead atoms. The number of aromatic amines is 1. The maximum absolute atomic E-state index is 14.7. The molecule has 0 spiro atoms. The van der Waals surface area contributed by atoms with E-state index in [0.29, 0.717) is 0 Å². The lowest BCUT2D eigenvalue weighted by atomic mass is 10.0. The van der Waals surface area contributed by atoms with E-state index < -0.39 is 49.5 Å². The van der Waals surface area contributed by atoms with Crippen LogP contribution in [0.4, 0.5) is 17.6 Å². The highest BCUT2D eigenvalue weighted by Crippen LogP contribution is 2.44. The second-order valence-electron chi connectivity index (χ2n) is 9.59. The van der Waals surface area contributed by atoms with Crippen LogP contribution in [0.3, 0.4) is 0 Å². The van der Waals surface area contributed by atoms with E-state index in [-0.39, 0.29) is 53.6 Å². The maximum atomic E-state index is 14.7. The summed E-state index contributed by atoms with van der Waals surface area (Å²) in [5.41, 5.74) is -2.42. The van der Waals surface area contributed by atoms with E-state index in [1.54, 1.807) is 6.07 Å². The van der Waals surface area contributed by atoms with E-state index in [4.69, 9.17) is 4.74 Å². The highest BCUT2D eigenvalue weighted by Gasteiger charge is 2.55. The molecule has 13 heteroatoms. The predicted molar refractivity (Wildman–Crippen MR) is 139 cm³/mol. The summed E-state index contributed by atoms with van der Waals surface area (Å²) in [5, 5.41) is -0.136. The lowest BCUT2D eigenvalue weighted by molar-refractivity contribution is -0.137. The fourth-order valence-corrected chi connectivity index (χ4v) is 6.26. The molecule has 40 heavy (non-hydrogen) atoms. The molecule has 1 aliphatic carbocycles. The average molecular weight is 578 g/mol. The van der Waals surface area contributed by atoms with Crippen LogP contribution in [0.2, 0.25) is 0 Å². The van der Waals surface area contributed by atoms with Crippen molar-refractivity contribution >= 4 is 26.8 Å². The Morgan fingerprint density at radius 1 is 1.12 bits per heavy atom. The number of carbonyl (C=O) groups excluding carboxylic acids is 1. The highest BCUT2D eigenvalue weighted by molar-refractivity contribution is 7.91. The van der Waals surface area contributed by atoms with Crippen LogP contribution < -0.4 is 10.3 Å². The molecule has 0 unspecified atom stereocenters. The molecule has 210 valence electrons. The van der Waals surface area contributed by atoms with Gasteiger partial charge in [-0.25, -0.2) is 17.5 Å². The number of nitrogens with zero attached hydrogens (tertiary/aromatic N) is 1. The number of amides is 1. The van der Waals surface area contributed by atoms with Crippen molar-refractivity contribution in [3.63, 3.8) is 0 Å². The fraction of sp³-hybridized carbons (Fsp3) is 0.259. The molecule has 2 N–H and O–H groups in total. The molecular formula is C27H23F4N3O5S. The molecule has 1 amide bonds. The molecule has 1 fully saturated rings. The van der Waals surface area contributed by atoms with Crippen LogP contribution in [0.15, 0.2) is 65.6 Å². The Labute approximate surface area is 225 Å². The molecule has 4 aromatic rings. The number of fused-ring (bicyclic) bond motifs is 1. The largest absolute Gasteiger partial charge is 0.416 e. The van der Waals surface area contributed by atoms with Crippen molar-refractivity contribution in [1.82, 2.24) is 14.3 Å². The summed E-state index contributed by atoms with van der Waals surface area (Å²) in [6, 6.07) is 11.0. The van der Waals surface area contributed by atoms with E-state index in [1.807, 2.05) is 4.72 Å². The average Bonchev–Trinajstić information content (AvgIpc) is 3.62. The monoisotopic (exact) mass is 577 g/mol. The zero-order valence-corrected chi connectivity index (χ0v) is 21.8. The number of sulfonamides is 1. The van der Waals surface area contributed by atoms with Gasteiger partial charge in [0.2, 0.25) is 10.0 Å². The third kappa shape index (κ3) is 4.79. The number of halogens is 4. The number of aromatic nitrogens is 2. The molecular weight excluding hydrogens is 554 g/mol. The normalized spacial score (nSPS) is 14.8. The number of pyridine rings is 1. The van der Waals surface area contributed by atoms with Crippen molar-refractivity contribution in [2.24, 2.45) is 0 Å². The molecule has 1 saturated carbocycles. The second kappa shape index (κ2) is 9.89. The summed E-state index contributed by atoms with van der Waals surface area (Å²) >= 11 is 0. The van der Waals surface area contributed by atoms with Gasteiger partial charge in [-0.15, -0.1) is 0 Å². The Bertz CT molecular complexity index is 1790. The van der Waals surface area contributed by atoms with E-state index in [2.05, 4.69) is 4.98 Å². The molecule has 5 rings (SSSR count). The van der Waals surface area contributed by atoms with Crippen molar-refractivity contribution < 1.29 is 35.5 Å². The lowest BCUT2D eigenvalue weighted by Crippen LogP contribution is -2.43. The van der Waals surface area contributed by atoms with Gasteiger partial charge in [0.25, 0.3) is 11.5 Å². The van der Waals surface area contributed by atoms with Gasteiger partial charge in [-0.2, -0.15) is 13.2 Å². The first-order chi connectivity index (χ1) is 18.9. The number of hydrogen-bond acceptors (Lipinski definition) is 5. The Kier molecular flexibility index (Phi) is 6.83.